The van der Waals surface area contributed by atoms with Gasteiger partial charge in [-0.25, -0.2) is 14.4 Å². The molecule has 0 spiro atoms. The highest BCUT2D eigenvalue weighted by atomic mass is 32.1. The molecule has 106 valence electrons. The van der Waals surface area contributed by atoms with Crippen LogP contribution in [0.4, 0.5) is 9.52 Å². The second-order valence-electron chi connectivity index (χ2n) is 4.23. The van der Waals surface area contributed by atoms with Crippen molar-refractivity contribution in [1.29, 1.82) is 0 Å². The smallest absolute Gasteiger partial charge is 0.269 e. The van der Waals surface area contributed by atoms with E-state index in [1.54, 1.807) is 30.6 Å². The molecule has 0 aliphatic heterocycles. The van der Waals surface area contributed by atoms with E-state index in [0.717, 1.165) is 5.56 Å². The quantitative estimate of drug-likeness (QED) is 0.795. The standard InChI is InChI=1S/C14H10FN3OS2/c1-8-11(12(19)18-14-16-6-7-20-14)21-13(17-8)9-2-4-10(15)5-3-9/h2-7H,1H3,(H,16,18,19). The number of amides is 1. The number of carbonyl (C=O) groups excluding carboxylic acids is 1. The molecule has 0 atom stereocenters. The largest absolute Gasteiger partial charge is 0.297 e. The van der Waals surface area contributed by atoms with Gasteiger partial charge >= 0.3 is 0 Å². The maximum absolute atomic E-state index is 12.9. The maximum atomic E-state index is 12.9. The number of aromatic nitrogens is 2. The molecule has 1 aromatic carbocycles. The average molecular weight is 319 g/mol. The lowest BCUT2D eigenvalue weighted by molar-refractivity contribution is 0.103. The number of carbonyl (C=O) groups is 1. The molecule has 0 aliphatic carbocycles. The van der Waals surface area contributed by atoms with Gasteiger partial charge in [0.05, 0.1) is 5.69 Å². The van der Waals surface area contributed by atoms with Crippen LogP contribution in [0.15, 0.2) is 35.8 Å². The molecule has 0 radical (unpaired) electrons. The van der Waals surface area contributed by atoms with Crippen molar-refractivity contribution in [3.8, 4) is 10.6 Å². The molecule has 0 saturated carbocycles. The summed E-state index contributed by atoms with van der Waals surface area (Å²) in [6.45, 7) is 1.78. The van der Waals surface area contributed by atoms with Gasteiger partial charge in [-0.15, -0.1) is 22.7 Å². The van der Waals surface area contributed by atoms with Crippen LogP contribution in [0.2, 0.25) is 0 Å². The van der Waals surface area contributed by atoms with Gasteiger partial charge in [0, 0.05) is 17.1 Å². The van der Waals surface area contributed by atoms with E-state index in [2.05, 4.69) is 15.3 Å². The maximum Gasteiger partial charge on any atom is 0.269 e. The molecule has 7 heteroatoms. The minimum absolute atomic E-state index is 0.228. The van der Waals surface area contributed by atoms with Gasteiger partial charge in [-0.05, 0) is 31.2 Å². The number of hydrogen-bond donors (Lipinski definition) is 1. The van der Waals surface area contributed by atoms with Crippen LogP contribution in [0, 0.1) is 12.7 Å². The lowest BCUT2D eigenvalue weighted by Gasteiger charge is -1.98. The molecule has 0 saturated heterocycles. The van der Waals surface area contributed by atoms with Crippen molar-refractivity contribution in [3.05, 3.63) is 52.2 Å². The Balaban J connectivity index is 1.87. The summed E-state index contributed by atoms with van der Waals surface area (Å²) in [6, 6.07) is 6.05. The topological polar surface area (TPSA) is 54.9 Å². The number of nitrogens with one attached hydrogen (secondary N) is 1. The third-order valence-electron chi connectivity index (χ3n) is 2.75. The van der Waals surface area contributed by atoms with Gasteiger partial charge in [0.25, 0.3) is 5.91 Å². The average Bonchev–Trinajstić information content (AvgIpc) is 3.09. The zero-order chi connectivity index (χ0) is 14.8. The molecular formula is C14H10FN3OS2. The van der Waals surface area contributed by atoms with Crippen LogP contribution in [0.5, 0.6) is 0 Å². The van der Waals surface area contributed by atoms with E-state index in [4.69, 9.17) is 0 Å². The first-order chi connectivity index (χ1) is 10.1. The van der Waals surface area contributed by atoms with Gasteiger partial charge in [0.2, 0.25) is 0 Å². The summed E-state index contributed by atoms with van der Waals surface area (Å²) in [7, 11) is 0. The molecule has 0 bridgehead atoms. The molecule has 1 N–H and O–H groups in total. The van der Waals surface area contributed by atoms with Gasteiger partial charge < -0.3 is 0 Å². The SMILES string of the molecule is Cc1nc(-c2ccc(F)cc2)sc1C(=O)Nc1nccs1. The molecular weight excluding hydrogens is 309 g/mol. The number of benzene rings is 1. The van der Waals surface area contributed by atoms with E-state index < -0.39 is 0 Å². The number of rotatable bonds is 3. The Hall–Kier alpha value is -2.12. The van der Waals surface area contributed by atoms with Crippen molar-refractivity contribution >= 4 is 33.7 Å². The highest BCUT2D eigenvalue weighted by Gasteiger charge is 2.17. The summed E-state index contributed by atoms with van der Waals surface area (Å²) in [6.07, 6.45) is 1.63. The third kappa shape index (κ3) is 2.98. The Kier molecular flexibility index (Phi) is 3.76. The lowest BCUT2D eigenvalue weighted by Crippen LogP contribution is -2.11. The summed E-state index contributed by atoms with van der Waals surface area (Å²) in [5.74, 6) is -0.526. The van der Waals surface area contributed by atoms with Crippen molar-refractivity contribution in [3.63, 3.8) is 0 Å². The Bertz CT molecular complexity index is 766. The van der Waals surface area contributed by atoms with E-state index in [1.807, 2.05) is 0 Å². The minimum Gasteiger partial charge on any atom is -0.297 e. The Morgan fingerprint density at radius 1 is 1.29 bits per heavy atom. The molecule has 2 heterocycles. The minimum atomic E-state index is -0.297. The van der Waals surface area contributed by atoms with Crippen molar-refractivity contribution in [2.75, 3.05) is 5.32 Å². The van der Waals surface area contributed by atoms with Crippen LogP contribution in [0.1, 0.15) is 15.4 Å². The van der Waals surface area contributed by atoms with Crippen LogP contribution in [-0.2, 0) is 0 Å². The zero-order valence-corrected chi connectivity index (χ0v) is 12.6. The van der Waals surface area contributed by atoms with Gasteiger partial charge in [0.1, 0.15) is 15.7 Å². The first-order valence-corrected chi connectivity index (χ1v) is 7.77. The Labute approximate surface area is 128 Å². The second-order valence-corrected chi connectivity index (χ2v) is 6.13. The van der Waals surface area contributed by atoms with Crippen molar-refractivity contribution in [2.45, 2.75) is 6.92 Å². The number of thiazole rings is 2. The number of anilines is 1. The predicted molar refractivity (Wildman–Crippen MR) is 82.3 cm³/mol. The van der Waals surface area contributed by atoms with E-state index in [0.29, 0.717) is 20.7 Å². The highest BCUT2D eigenvalue weighted by Crippen LogP contribution is 2.28. The van der Waals surface area contributed by atoms with Gasteiger partial charge in [0.15, 0.2) is 5.13 Å². The van der Waals surface area contributed by atoms with E-state index in [-0.39, 0.29) is 11.7 Å². The van der Waals surface area contributed by atoms with E-state index in [9.17, 15) is 9.18 Å². The van der Waals surface area contributed by atoms with Crippen LogP contribution in [-0.4, -0.2) is 15.9 Å². The van der Waals surface area contributed by atoms with Crippen molar-refractivity contribution in [2.24, 2.45) is 0 Å². The monoisotopic (exact) mass is 319 g/mol. The summed E-state index contributed by atoms with van der Waals surface area (Å²) in [4.78, 5) is 21.1. The zero-order valence-electron chi connectivity index (χ0n) is 11.0. The predicted octanol–water partition coefficient (Wildman–Crippen LogP) is 3.97. The fraction of sp³-hybridized carbons (Fsp3) is 0.0714. The second kappa shape index (κ2) is 5.71. The number of hydrogen-bond acceptors (Lipinski definition) is 5. The molecule has 0 fully saturated rings. The van der Waals surface area contributed by atoms with Crippen molar-refractivity contribution < 1.29 is 9.18 Å². The fourth-order valence-corrected chi connectivity index (χ4v) is 3.25. The fourth-order valence-electron chi connectivity index (χ4n) is 1.76. The van der Waals surface area contributed by atoms with E-state index in [1.165, 1.54) is 34.8 Å². The molecule has 3 rings (SSSR count). The van der Waals surface area contributed by atoms with Gasteiger partial charge in [-0.3, -0.25) is 10.1 Å². The van der Waals surface area contributed by atoms with Crippen LogP contribution >= 0.6 is 22.7 Å². The number of nitrogens with zero attached hydrogens (tertiary/aromatic N) is 2. The van der Waals surface area contributed by atoms with Crippen LogP contribution < -0.4 is 5.32 Å². The molecule has 1 amide bonds. The normalized spacial score (nSPS) is 10.6. The highest BCUT2D eigenvalue weighted by molar-refractivity contribution is 7.17. The molecule has 4 nitrogen and oxygen atoms in total. The first-order valence-electron chi connectivity index (χ1n) is 6.07. The molecule has 0 unspecified atom stereocenters. The Morgan fingerprint density at radius 3 is 2.71 bits per heavy atom. The van der Waals surface area contributed by atoms with Gasteiger partial charge in [-0.1, -0.05) is 0 Å². The first kappa shape index (κ1) is 13.8. The summed E-state index contributed by atoms with van der Waals surface area (Å²) in [5, 5.41) is 5.77. The third-order valence-corrected chi connectivity index (χ3v) is 4.64. The molecule has 0 aliphatic rings. The molecule has 21 heavy (non-hydrogen) atoms. The summed E-state index contributed by atoms with van der Waals surface area (Å²) in [5.41, 5.74) is 1.44. The van der Waals surface area contributed by atoms with Crippen LogP contribution in [0.3, 0.4) is 0 Å². The van der Waals surface area contributed by atoms with Gasteiger partial charge in [-0.2, -0.15) is 0 Å². The lowest BCUT2D eigenvalue weighted by atomic mass is 10.2. The van der Waals surface area contributed by atoms with Crippen molar-refractivity contribution in [1.82, 2.24) is 9.97 Å². The summed E-state index contributed by atoms with van der Waals surface area (Å²) >= 11 is 2.64. The number of halogens is 1. The number of aryl methyl sites for hydroxylation is 1. The Morgan fingerprint density at radius 2 is 2.05 bits per heavy atom. The molecule has 3 aromatic rings. The molecule has 2 aromatic heterocycles. The van der Waals surface area contributed by atoms with E-state index >= 15 is 0 Å². The summed E-state index contributed by atoms with van der Waals surface area (Å²) < 4.78 is 12.9. The van der Waals surface area contributed by atoms with Crippen LogP contribution in [0.25, 0.3) is 10.6 Å².